The van der Waals surface area contributed by atoms with E-state index in [1.54, 1.807) is 24.3 Å². The molecule has 3 N–H and O–H groups in total. The molecule has 0 fully saturated rings. The summed E-state index contributed by atoms with van der Waals surface area (Å²) in [5.74, 6) is 0.121. The van der Waals surface area contributed by atoms with Crippen molar-refractivity contribution in [2.75, 3.05) is 12.4 Å². The summed E-state index contributed by atoms with van der Waals surface area (Å²) in [4.78, 5) is 12.4. The maximum atomic E-state index is 12.2. The number of ether oxygens (including phenoxy) is 1. The minimum Gasteiger partial charge on any atom is -0.495 e. The molecule has 0 bridgehead atoms. The fourth-order valence-electron chi connectivity index (χ4n) is 1.67. The molecule has 0 radical (unpaired) electrons. The van der Waals surface area contributed by atoms with Crippen molar-refractivity contribution >= 4 is 44.7 Å². The molecule has 20 heavy (non-hydrogen) atoms. The van der Waals surface area contributed by atoms with Crippen LogP contribution in [0, 0.1) is 0 Å². The highest BCUT2D eigenvalue weighted by Gasteiger charge is 2.18. The van der Waals surface area contributed by atoms with Gasteiger partial charge in [0.1, 0.15) is 10.7 Å². The molecule has 1 aromatic carbocycles. The molecule has 0 unspecified atom stereocenters. The van der Waals surface area contributed by atoms with Crippen LogP contribution in [0.3, 0.4) is 0 Å². The third-order valence-corrected chi connectivity index (χ3v) is 3.45. The first-order valence-electron chi connectivity index (χ1n) is 5.55. The molecular weight excluding hydrogens is 344 g/mol. The number of furan rings is 1. The Morgan fingerprint density at radius 3 is 2.70 bits per heavy atom. The third kappa shape index (κ3) is 2.83. The van der Waals surface area contributed by atoms with Crippen LogP contribution < -0.4 is 15.8 Å². The fourth-order valence-corrected chi connectivity index (χ4v) is 2.26. The lowest BCUT2D eigenvalue weighted by molar-refractivity contribution is 0.102. The van der Waals surface area contributed by atoms with Crippen molar-refractivity contribution in [2.24, 2.45) is 5.73 Å². The number of para-hydroxylation sites is 1. The van der Waals surface area contributed by atoms with Gasteiger partial charge in [-0.2, -0.15) is 0 Å². The van der Waals surface area contributed by atoms with Gasteiger partial charge in [0.05, 0.1) is 24.6 Å². The maximum Gasteiger partial charge on any atom is 0.260 e. The molecule has 7 heteroatoms. The van der Waals surface area contributed by atoms with Crippen LogP contribution in [0.5, 0.6) is 5.75 Å². The van der Waals surface area contributed by atoms with Gasteiger partial charge in [0, 0.05) is 5.56 Å². The van der Waals surface area contributed by atoms with Gasteiger partial charge in [-0.15, -0.1) is 0 Å². The van der Waals surface area contributed by atoms with E-state index in [1.807, 2.05) is 0 Å². The second-order valence-electron chi connectivity index (χ2n) is 3.81. The average molecular weight is 355 g/mol. The van der Waals surface area contributed by atoms with Crippen LogP contribution in [0.15, 0.2) is 39.6 Å². The molecule has 0 saturated heterocycles. The van der Waals surface area contributed by atoms with Crippen molar-refractivity contribution in [1.29, 1.82) is 0 Å². The van der Waals surface area contributed by atoms with E-state index in [0.717, 1.165) is 0 Å². The van der Waals surface area contributed by atoms with Crippen molar-refractivity contribution < 1.29 is 13.9 Å². The zero-order valence-electron chi connectivity index (χ0n) is 10.5. The quantitative estimate of drug-likeness (QED) is 0.825. The number of hydrogen-bond acceptors (Lipinski definition) is 4. The van der Waals surface area contributed by atoms with Crippen molar-refractivity contribution in [1.82, 2.24) is 0 Å². The highest BCUT2D eigenvalue weighted by molar-refractivity contribution is 9.10. The van der Waals surface area contributed by atoms with E-state index in [4.69, 9.17) is 27.1 Å². The molecule has 1 heterocycles. The number of hydrogen-bond donors (Lipinski definition) is 2. The van der Waals surface area contributed by atoms with Gasteiger partial charge >= 0.3 is 0 Å². The number of thiocarbonyl (C=S) groups is 1. The van der Waals surface area contributed by atoms with Crippen LogP contribution in [-0.2, 0) is 0 Å². The maximum absolute atomic E-state index is 12.2. The fraction of sp³-hybridized carbons (Fsp3) is 0.0769. The SMILES string of the molecule is COc1cccc(C(N)=S)c1NC(=O)c1ccoc1Br. The Bertz CT molecular complexity index is 669. The predicted octanol–water partition coefficient (Wildman–Crippen LogP) is 2.94. The highest BCUT2D eigenvalue weighted by Crippen LogP contribution is 2.29. The number of benzene rings is 1. The molecule has 1 aromatic heterocycles. The number of anilines is 1. The van der Waals surface area contributed by atoms with Crippen LogP contribution in [0.4, 0.5) is 5.69 Å². The van der Waals surface area contributed by atoms with Gasteiger partial charge in [0.15, 0.2) is 4.67 Å². The largest absolute Gasteiger partial charge is 0.495 e. The predicted molar refractivity (Wildman–Crippen MR) is 83.2 cm³/mol. The zero-order valence-corrected chi connectivity index (χ0v) is 12.9. The van der Waals surface area contributed by atoms with E-state index in [0.29, 0.717) is 27.2 Å². The highest BCUT2D eigenvalue weighted by atomic mass is 79.9. The van der Waals surface area contributed by atoms with Crippen molar-refractivity contribution in [3.63, 3.8) is 0 Å². The summed E-state index contributed by atoms with van der Waals surface area (Å²) in [5, 5.41) is 2.73. The Balaban J connectivity index is 2.40. The van der Waals surface area contributed by atoms with Crippen LogP contribution in [0.25, 0.3) is 0 Å². The first-order valence-corrected chi connectivity index (χ1v) is 6.76. The topological polar surface area (TPSA) is 77.5 Å². The number of carbonyl (C=O) groups excluding carboxylic acids is 1. The second-order valence-corrected chi connectivity index (χ2v) is 4.97. The lowest BCUT2D eigenvalue weighted by atomic mass is 10.1. The zero-order chi connectivity index (χ0) is 14.7. The van der Waals surface area contributed by atoms with Gasteiger partial charge in [0.25, 0.3) is 5.91 Å². The Kier molecular flexibility index (Phi) is 4.41. The minimum atomic E-state index is -0.354. The molecule has 0 atom stereocenters. The van der Waals surface area contributed by atoms with Crippen molar-refractivity contribution in [2.45, 2.75) is 0 Å². The molecular formula is C13H11BrN2O3S. The summed E-state index contributed by atoms with van der Waals surface area (Å²) in [6, 6.07) is 6.72. The Hall–Kier alpha value is -1.86. The van der Waals surface area contributed by atoms with E-state index in [9.17, 15) is 4.79 Å². The van der Waals surface area contributed by atoms with Gasteiger partial charge in [-0.25, -0.2) is 0 Å². The summed E-state index contributed by atoms with van der Waals surface area (Å²) in [6.07, 6.45) is 1.41. The van der Waals surface area contributed by atoms with Gasteiger partial charge in [-0.3, -0.25) is 4.79 Å². The van der Waals surface area contributed by atoms with Crippen LogP contribution in [-0.4, -0.2) is 18.0 Å². The molecule has 0 saturated carbocycles. The van der Waals surface area contributed by atoms with Crippen LogP contribution in [0.2, 0.25) is 0 Å². The molecule has 2 rings (SSSR count). The molecule has 0 aliphatic carbocycles. The van der Waals surface area contributed by atoms with Gasteiger partial charge < -0.3 is 20.2 Å². The second kappa shape index (κ2) is 6.06. The summed E-state index contributed by atoms with van der Waals surface area (Å²) in [7, 11) is 1.50. The lowest BCUT2D eigenvalue weighted by Crippen LogP contribution is -2.18. The number of rotatable bonds is 4. The number of nitrogens with two attached hydrogens (primary N) is 1. The first kappa shape index (κ1) is 14.5. The van der Waals surface area contributed by atoms with Gasteiger partial charge in [-0.05, 0) is 34.1 Å². The summed E-state index contributed by atoms with van der Waals surface area (Å²) in [5.41, 5.74) is 6.99. The average Bonchev–Trinajstić information content (AvgIpc) is 2.85. The Labute approximate surface area is 129 Å². The van der Waals surface area contributed by atoms with Crippen molar-refractivity contribution in [3.8, 4) is 5.75 Å². The first-order chi connectivity index (χ1) is 9.54. The van der Waals surface area contributed by atoms with E-state index < -0.39 is 0 Å². The molecule has 1 amide bonds. The molecule has 0 spiro atoms. The monoisotopic (exact) mass is 354 g/mol. The molecule has 104 valence electrons. The molecule has 0 aliphatic rings. The summed E-state index contributed by atoms with van der Waals surface area (Å²) in [6.45, 7) is 0. The van der Waals surface area contributed by atoms with E-state index in [-0.39, 0.29) is 10.9 Å². The Morgan fingerprint density at radius 1 is 1.40 bits per heavy atom. The number of nitrogens with one attached hydrogen (secondary N) is 1. The van der Waals surface area contributed by atoms with E-state index in [1.165, 1.54) is 13.4 Å². The van der Waals surface area contributed by atoms with Gasteiger partial charge in [0.2, 0.25) is 0 Å². The molecule has 2 aromatic rings. The van der Waals surface area contributed by atoms with Gasteiger partial charge in [-0.1, -0.05) is 18.3 Å². The standard InChI is InChI=1S/C13H11BrN2O3S/c1-18-9-4-2-3-7(12(15)20)10(9)16-13(17)8-5-6-19-11(8)14/h2-6H,1H3,(H2,15,20)(H,16,17). The summed E-state index contributed by atoms with van der Waals surface area (Å²) < 4.78 is 10.6. The number of halogens is 1. The van der Waals surface area contributed by atoms with Crippen LogP contribution in [0.1, 0.15) is 15.9 Å². The third-order valence-electron chi connectivity index (χ3n) is 2.61. The smallest absolute Gasteiger partial charge is 0.260 e. The van der Waals surface area contributed by atoms with E-state index in [2.05, 4.69) is 21.2 Å². The molecule has 0 aliphatic heterocycles. The van der Waals surface area contributed by atoms with Crippen LogP contribution >= 0.6 is 28.1 Å². The lowest BCUT2D eigenvalue weighted by Gasteiger charge is -2.13. The minimum absolute atomic E-state index is 0.172. The molecule has 5 nitrogen and oxygen atoms in total. The summed E-state index contributed by atoms with van der Waals surface area (Å²) >= 11 is 8.13. The Morgan fingerprint density at radius 2 is 2.15 bits per heavy atom. The van der Waals surface area contributed by atoms with E-state index >= 15 is 0 Å². The number of methoxy groups -OCH3 is 1. The number of carbonyl (C=O) groups is 1. The van der Waals surface area contributed by atoms with Crippen molar-refractivity contribution in [3.05, 3.63) is 46.3 Å². The normalized spacial score (nSPS) is 10.1. The number of amides is 1.